The smallest absolute Gasteiger partial charge is 0.141 e. The standard InChI is InChI=1S/C24H24N2O3/c1-27-19-9-5-8-18(16-19)24-25-22-12-3-4-13-23(22)26(24)14-7-15-29-21-11-6-10-20(17-21)28-2/h3-6,8-13,16-17H,7,14-15H2,1-2H3. The van der Waals surface area contributed by atoms with E-state index >= 15 is 0 Å². The number of ether oxygens (including phenoxy) is 3. The van der Waals surface area contributed by atoms with Gasteiger partial charge in [0.2, 0.25) is 0 Å². The Hall–Kier alpha value is -3.47. The fourth-order valence-electron chi connectivity index (χ4n) is 3.39. The third kappa shape index (κ3) is 4.19. The van der Waals surface area contributed by atoms with Crippen molar-refractivity contribution >= 4 is 11.0 Å². The van der Waals surface area contributed by atoms with E-state index in [2.05, 4.69) is 16.7 Å². The molecule has 5 nitrogen and oxygen atoms in total. The number of benzene rings is 3. The van der Waals surface area contributed by atoms with Crippen LogP contribution in [0.3, 0.4) is 0 Å². The molecule has 0 radical (unpaired) electrons. The molecule has 1 aromatic heterocycles. The fraction of sp³-hybridized carbons (Fsp3) is 0.208. The van der Waals surface area contributed by atoms with E-state index in [1.54, 1.807) is 14.2 Å². The topological polar surface area (TPSA) is 45.5 Å². The van der Waals surface area contributed by atoms with Gasteiger partial charge in [0.15, 0.2) is 0 Å². The lowest BCUT2D eigenvalue weighted by Gasteiger charge is -2.11. The summed E-state index contributed by atoms with van der Waals surface area (Å²) in [4.78, 5) is 4.87. The van der Waals surface area contributed by atoms with Crippen LogP contribution in [-0.2, 0) is 6.54 Å². The normalized spacial score (nSPS) is 10.8. The van der Waals surface area contributed by atoms with Crippen molar-refractivity contribution in [2.24, 2.45) is 0 Å². The largest absolute Gasteiger partial charge is 0.497 e. The molecule has 5 heteroatoms. The van der Waals surface area contributed by atoms with Crippen molar-refractivity contribution in [2.45, 2.75) is 13.0 Å². The molecule has 0 saturated heterocycles. The van der Waals surface area contributed by atoms with Crippen LogP contribution in [-0.4, -0.2) is 30.4 Å². The average molecular weight is 388 g/mol. The molecular weight excluding hydrogens is 364 g/mol. The van der Waals surface area contributed by atoms with Crippen LogP contribution in [0.1, 0.15) is 6.42 Å². The molecule has 4 aromatic rings. The van der Waals surface area contributed by atoms with Gasteiger partial charge in [-0.3, -0.25) is 0 Å². The Morgan fingerprint density at radius 3 is 2.34 bits per heavy atom. The van der Waals surface area contributed by atoms with E-state index in [4.69, 9.17) is 19.2 Å². The molecule has 0 spiro atoms. The Bertz CT molecular complexity index is 1100. The second-order valence-electron chi connectivity index (χ2n) is 6.69. The van der Waals surface area contributed by atoms with Gasteiger partial charge in [-0.1, -0.05) is 30.3 Å². The minimum atomic E-state index is 0.608. The van der Waals surface area contributed by atoms with Gasteiger partial charge in [0.05, 0.1) is 31.9 Å². The monoisotopic (exact) mass is 388 g/mol. The Morgan fingerprint density at radius 2 is 1.52 bits per heavy atom. The van der Waals surface area contributed by atoms with Crippen molar-refractivity contribution < 1.29 is 14.2 Å². The lowest BCUT2D eigenvalue weighted by Crippen LogP contribution is -2.06. The zero-order valence-corrected chi connectivity index (χ0v) is 16.7. The van der Waals surface area contributed by atoms with Gasteiger partial charge in [0.25, 0.3) is 0 Å². The minimum Gasteiger partial charge on any atom is -0.497 e. The number of nitrogens with zero attached hydrogens (tertiary/aromatic N) is 2. The third-order valence-electron chi connectivity index (χ3n) is 4.82. The van der Waals surface area contributed by atoms with Crippen LogP contribution in [0.2, 0.25) is 0 Å². The number of para-hydroxylation sites is 2. The summed E-state index contributed by atoms with van der Waals surface area (Å²) < 4.78 is 18.8. The molecular formula is C24H24N2O3. The molecule has 0 amide bonds. The van der Waals surface area contributed by atoms with Gasteiger partial charge in [0.1, 0.15) is 23.1 Å². The summed E-state index contributed by atoms with van der Waals surface area (Å²) in [6, 6.07) is 23.9. The summed E-state index contributed by atoms with van der Waals surface area (Å²) in [6.45, 7) is 1.41. The van der Waals surface area contributed by atoms with Crippen molar-refractivity contribution in [1.82, 2.24) is 9.55 Å². The maximum absolute atomic E-state index is 5.91. The molecule has 3 aromatic carbocycles. The van der Waals surface area contributed by atoms with Crippen LogP contribution in [0.5, 0.6) is 17.2 Å². The molecule has 0 atom stereocenters. The van der Waals surface area contributed by atoms with Gasteiger partial charge in [-0.25, -0.2) is 4.98 Å². The number of hydrogen-bond acceptors (Lipinski definition) is 4. The van der Waals surface area contributed by atoms with Gasteiger partial charge in [-0.15, -0.1) is 0 Å². The number of aromatic nitrogens is 2. The fourth-order valence-corrected chi connectivity index (χ4v) is 3.39. The molecule has 0 bridgehead atoms. The maximum atomic E-state index is 5.91. The SMILES string of the molecule is COc1cccc(OCCCn2c(-c3cccc(OC)c3)nc3ccccc32)c1. The van der Waals surface area contributed by atoms with Crippen LogP contribution in [0.4, 0.5) is 0 Å². The van der Waals surface area contributed by atoms with Crippen LogP contribution in [0.25, 0.3) is 22.4 Å². The van der Waals surface area contributed by atoms with Gasteiger partial charge in [-0.2, -0.15) is 0 Å². The van der Waals surface area contributed by atoms with Crippen LogP contribution in [0.15, 0.2) is 72.8 Å². The Labute approximate surface area is 170 Å². The van der Waals surface area contributed by atoms with Crippen LogP contribution >= 0.6 is 0 Å². The van der Waals surface area contributed by atoms with E-state index in [1.807, 2.05) is 60.7 Å². The molecule has 29 heavy (non-hydrogen) atoms. The van der Waals surface area contributed by atoms with Crippen molar-refractivity contribution in [3.05, 3.63) is 72.8 Å². The maximum Gasteiger partial charge on any atom is 0.141 e. The Morgan fingerprint density at radius 1 is 0.793 bits per heavy atom. The Balaban J connectivity index is 1.54. The summed E-state index contributed by atoms with van der Waals surface area (Å²) in [5, 5.41) is 0. The predicted octanol–water partition coefficient (Wildman–Crippen LogP) is 5.19. The molecule has 1 heterocycles. The average Bonchev–Trinajstić information content (AvgIpc) is 3.15. The minimum absolute atomic E-state index is 0.608. The van der Waals surface area contributed by atoms with E-state index in [1.165, 1.54) is 0 Å². The van der Waals surface area contributed by atoms with Gasteiger partial charge >= 0.3 is 0 Å². The van der Waals surface area contributed by atoms with Crippen molar-refractivity contribution in [2.75, 3.05) is 20.8 Å². The molecule has 0 aliphatic carbocycles. The van der Waals surface area contributed by atoms with Crippen LogP contribution < -0.4 is 14.2 Å². The van der Waals surface area contributed by atoms with Gasteiger partial charge in [-0.05, 0) is 42.8 Å². The zero-order chi connectivity index (χ0) is 20.1. The first-order chi connectivity index (χ1) is 14.3. The highest BCUT2D eigenvalue weighted by Gasteiger charge is 2.13. The van der Waals surface area contributed by atoms with Gasteiger partial charge in [0, 0.05) is 18.2 Å². The number of aryl methyl sites for hydroxylation is 1. The summed E-state index contributed by atoms with van der Waals surface area (Å²) in [5.74, 6) is 3.37. The molecule has 4 rings (SSSR count). The van der Waals surface area contributed by atoms with Crippen molar-refractivity contribution in [3.8, 4) is 28.6 Å². The second-order valence-corrected chi connectivity index (χ2v) is 6.69. The first-order valence-corrected chi connectivity index (χ1v) is 9.65. The number of rotatable bonds is 8. The lowest BCUT2D eigenvalue weighted by atomic mass is 10.2. The summed E-state index contributed by atoms with van der Waals surface area (Å²) in [6.07, 6.45) is 0.856. The number of imidazole rings is 1. The highest BCUT2D eigenvalue weighted by Crippen LogP contribution is 2.28. The Kier molecular flexibility index (Phi) is 5.66. The lowest BCUT2D eigenvalue weighted by molar-refractivity contribution is 0.300. The third-order valence-corrected chi connectivity index (χ3v) is 4.82. The van der Waals surface area contributed by atoms with Crippen molar-refractivity contribution in [1.29, 1.82) is 0 Å². The van der Waals surface area contributed by atoms with E-state index in [9.17, 15) is 0 Å². The van der Waals surface area contributed by atoms with E-state index < -0.39 is 0 Å². The zero-order valence-electron chi connectivity index (χ0n) is 16.7. The van der Waals surface area contributed by atoms with E-state index in [0.29, 0.717) is 6.61 Å². The summed E-state index contributed by atoms with van der Waals surface area (Å²) in [5.41, 5.74) is 3.14. The number of fused-ring (bicyclic) bond motifs is 1. The molecule has 148 valence electrons. The second kappa shape index (κ2) is 8.69. The molecule has 0 N–H and O–H groups in total. The van der Waals surface area contributed by atoms with E-state index in [-0.39, 0.29) is 0 Å². The number of methoxy groups -OCH3 is 2. The molecule has 0 fully saturated rings. The first kappa shape index (κ1) is 18.9. The van der Waals surface area contributed by atoms with Crippen LogP contribution in [0, 0.1) is 0 Å². The highest BCUT2D eigenvalue weighted by molar-refractivity contribution is 5.80. The molecule has 0 unspecified atom stereocenters. The quantitative estimate of drug-likeness (QED) is 0.390. The van der Waals surface area contributed by atoms with Gasteiger partial charge < -0.3 is 18.8 Å². The highest BCUT2D eigenvalue weighted by atomic mass is 16.5. The van der Waals surface area contributed by atoms with E-state index in [0.717, 1.165) is 52.6 Å². The molecule has 0 saturated carbocycles. The molecule has 0 aliphatic rings. The predicted molar refractivity (Wildman–Crippen MR) is 115 cm³/mol. The molecule has 0 aliphatic heterocycles. The summed E-state index contributed by atoms with van der Waals surface area (Å²) in [7, 11) is 3.33. The first-order valence-electron chi connectivity index (χ1n) is 9.65. The summed E-state index contributed by atoms with van der Waals surface area (Å²) >= 11 is 0. The van der Waals surface area contributed by atoms with Crippen molar-refractivity contribution in [3.63, 3.8) is 0 Å². The number of hydrogen-bond donors (Lipinski definition) is 0.